The van der Waals surface area contributed by atoms with Gasteiger partial charge in [-0.1, -0.05) is 86.8 Å². The fourth-order valence-electron chi connectivity index (χ4n) is 3.34. The van der Waals surface area contributed by atoms with Crippen LogP contribution in [-0.2, 0) is 10.5 Å². The number of hydrogen-bond acceptors (Lipinski definition) is 4. The fourth-order valence-corrected chi connectivity index (χ4v) is 3.34. The van der Waals surface area contributed by atoms with E-state index >= 15 is 0 Å². The minimum atomic E-state index is -1.00. The Kier molecular flexibility index (Phi) is 8.16. The number of ether oxygens (including phenoxy) is 2. The predicted octanol–water partition coefficient (Wildman–Crippen LogP) is 7.28. The van der Waals surface area contributed by atoms with E-state index in [9.17, 15) is 0 Å². The van der Waals surface area contributed by atoms with E-state index in [1.54, 1.807) is 7.11 Å². The standard InChI is InChI=1S/C26H30N2O2/c1-3-4-5-12-21-30-25-19-17-24(18-20-25)27-28-26(29-2,22-13-8-6-9-14-22)23-15-10-7-11-16-23/h6-11,13-20H,3-5,12,21H2,1-2H3. The summed E-state index contributed by atoms with van der Waals surface area (Å²) in [5, 5.41) is 9.18. The number of methoxy groups -OCH3 is 1. The largest absolute Gasteiger partial charge is 0.494 e. The van der Waals surface area contributed by atoms with Gasteiger partial charge in [-0.15, -0.1) is 5.11 Å². The SMILES string of the molecule is CCCCCCOc1ccc(N=NC(OC)(c2ccccc2)c2ccccc2)cc1. The minimum Gasteiger partial charge on any atom is -0.494 e. The van der Waals surface area contributed by atoms with E-state index in [1.165, 1.54) is 19.3 Å². The summed E-state index contributed by atoms with van der Waals surface area (Å²) in [4.78, 5) is 0. The monoisotopic (exact) mass is 402 g/mol. The van der Waals surface area contributed by atoms with Gasteiger partial charge in [0.2, 0.25) is 5.72 Å². The Bertz CT molecular complexity index is 854. The first-order valence-corrected chi connectivity index (χ1v) is 10.6. The Morgan fingerprint density at radius 3 is 1.87 bits per heavy atom. The third-order valence-electron chi connectivity index (χ3n) is 5.04. The molecule has 0 spiro atoms. The third kappa shape index (κ3) is 5.55. The van der Waals surface area contributed by atoms with Crippen molar-refractivity contribution in [3.8, 4) is 5.75 Å². The van der Waals surface area contributed by atoms with Crippen LogP contribution < -0.4 is 4.74 Å². The van der Waals surface area contributed by atoms with E-state index in [0.717, 1.165) is 35.6 Å². The normalized spacial score (nSPS) is 11.7. The lowest BCUT2D eigenvalue weighted by atomic mass is 9.95. The highest BCUT2D eigenvalue weighted by Crippen LogP contribution is 2.36. The van der Waals surface area contributed by atoms with Gasteiger partial charge < -0.3 is 9.47 Å². The topological polar surface area (TPSA) is 43.2 Å². The Morgan fingerprint density at radius 1 is 0.733 bits per heavy atom. The first-order chi connectivity index (χ1) is 14.8. The number of azo groups is 1. The van der Waals surface area contributed by atoms with Gasteiger partial charge in [0.25, 0.3) is 0 Å². The van der Waals surface area contributed by atoms with Gasteiger partial charge >= 0.3 is 0 Å². The molecule has 3 rings (SSSR count). The van der Waals surface area contributed by atoms with Gasteiger partial charge in [-0.25, -0.2) is 0 Å². The zero-order valence-corrected chi connectivity index (χ0v) is 17.8. The van der Waals surface area contributed by atoms with Crippen LogP contribution in [0.2, 0.25) is 0 Å². The number of benzene rings is 3. The van der Waals surface area contributed by atoms with Crippen molar-refractivity contribution in [3.05, 3.63) is 96.1 Å². The molecule has 4 heteroatoms. The van der Waals surface area contributed by atoms with E-state index in [2.05, 4.69) is 17.2 Å². The van der Waals surface area contributed by atoms with E-state index < -0.39 is 5.72 Å². The highest BCUT2D eigenvalue weighted by atomic mass is 16.5. The molecular weight excluding hydrogens is 372 g/mol. The lowest BCUT2D eigenvalue weighted by molar-refractivity contribution is 0.0240. The number of unbranched alkanes of at least 4 members (excludes halogenated alkanes) is 3. The molecule has 0 saturated carbocycles. The molecule has 0 fully saturated rings. The molecule has 3 aromatic carbocycles. The highest BCUT2D eigenvalue weighted by Gasteiger charge is 2.34. The van der Waals surface area contributed by atoms with Crippen LogP contribution in [0, 0.1) is 0 Å². The molecular formula is C26H30N2O2. The van der Waals surface area contributed by atoms with Crippen molar-refractivity contribution < 1.29 is 9.47 Å². The molecule has 0 radical (unpaired) electrons. The first kappa shape index (κ1) is 21.7. The first-order valence-electron chi connectivity index (χ1n) is 10.6. The second-order valence-corrected chi connectivity index (χ2v) is 7.18. The van der Waals surface area contributed by atoms with Crippen LogP contribution in [0.3, 0.4) is 0 Å². The molecule has 0 atom stereocenters. The molecule has 30 heavy (non-hydrogen) atoms. The maximum absolute atomic E-state index is 5.96. The highest BCUT2D eigenvalue weighted by molar-refractivity contribution is 5.41. The maximum Gasteiger partial charge on any atom is 0.231 e. The zero-order valence-electron chi connectivity index (χ0n) is 17.8. The van der Waals surface area contributed by atoms with E-state index in [4.69, 9.17) is 9.47 Å². The van der Waals surface area contributed by atoms with Gasteiger partial charge in [0.1, 0.15) is 5.75 Å². The van der Waals surface area contributed by atoms with Crippen LogP contribution in [0.15, 0.2) is 95.2 Å². The number of nitrogens with zero attached hydrogens (tertiary/aromatic N) is 2. The summed E-state index contributed by atoms with van der Waals surface area (Å²) < 4.78 is 11.8. The lowest BCUT2D eigenvalue weighted by Gasteiger charge is -2.28. The Labute approximate surface area is 179 Å². The number of rotatable bonds is 11. The summed E-state index contributed by atoms with van der Waals surface area (Å²) in [5.74, 6) is 0.856. The smallest absolute Gasteiger partial charge is 0.231 e. The molecule has 0 unspecified atom stereocenters. The summed E-state index contributed by atoms with van der Waals surface area (Å²) in [6, 6.07) is 27.6. The van der Waals surface area contributed by atoms with Gasteiger partial charge in [-0.2, -0.15) is 5.11 Å². The van der Waals surface area contributed by atoms with E-state index in [-0.39, 0.29) is 0 Å². The van der Waals surface area contributed by atoms with Gasteiger partial charge in [0, 0.05) is 18.2 Å². The van der Waals surface area contributed by atoms with Crippen LogP contribution in [0.4, 0.5) is 5.69 Å². The quantitative estimate of drug-likeness (QED) is 0.250. The predicted molar refractivity (Wildman–Crippen MR) is 121 cm³/mol. The van der Waals surface area contributed by atoms with Crippen molar-refractivity contribution in [2.24, 2.45) is 10.2 Å². The average molecular weight is 403 g/mol. The van der Waals surface area contributed by atoms with Crippen LogP contribution in [0.5, 0.6) is 5.75 Å². The molecule has 0 bridgehead atoms. The van der Waals surface area contributed by atoms with Crippen LogP contribution in [-0.4, -0.2) is 13.7 Å². The third-order valence-corrected chi connectivity index (χ3v) is 5.04. The lowest BCUT2D eigenvalue weighted by Crippen LogP contribution is -2.27. The molecule has 3 aromatic rings. The maximum atomic E-state index is 5.96. The molecule has 0 aliphatic rings. The molecule has 0 amide bonds. The van der Waals surface area contributed by atoms with Crippen molar-refractivity contribution in [3.63, 3.8) is 0 Å². The summed E-state index contributed by atoms with van der Waals surface area (Å²) >= 11 is 0. The van der Waals surface area contributed by atoms with Gasteiger partial charge in [-0.05, 0) is 30.7 Å². The molecule has 156 valence electrons. The molecule has 0 aliphatic carbocycles. The van der Waals surface area contributed by atoms with E-state index in [1.807, 2.05) is 84.9 Å². The molecule has 0 aliphatic heterocycles. The summed E-state index contributed by atoms with van der Waals surface area (Å²) in [7, 11) is 1.66. The van der Waals surface area contributed by atoms with Crippen molar-refractivity contribution in [1.29, 1.82) is 0 Å². The van der Waals surface area contributed by atoms with Crippen LogP contribution in [0.25, 0.3) is 0 Å². The van der Waals surface area contributed by atoms with Crippen molar-refractivity contribution in [2.45, 2.75) is 38.3 Å². The molecule has 0 N–H and O–H groups in total. The van der Waals surface area contributed by atoms with Crippen molar-refractivity contribution >= 4 is 5.69 Å². The van der Waals surface area contributed by atoms with Crippen molar-refractivity contribution in [2.75, 3.05) is 13.7 Å². The fraction of sp³-hybridized carbons (Fsp3) is 0.308. The Hall–Kier alpha value is -2.98. The van der Waals surface area contributed by atoms with Crippen LogP contribution in [0.1, 0.15) is 43.7 Å². The number of hydrogen-bond donors (Lipinski definition) is 0. The zero-order chi connectivity index (χ0) is 21.1. The van der Waals surface area contributed by atoms with Crippen molar-refractivity contribution in [1.82, 2.24) is 0 Å². The van der Waals surface area contributed by atoms with Gasteiger partial charge in [0.05, 0.1) is 12.3 Å². The van der Waals surface area contributed by atoms with Gasteiger partial charge in [0.15, 0.2) is 0 Å². The minimum absolute atomic E-state index is 0.746. The summed E-state index contributed by atoms with van der Waals surface area (Å²) in [5.41, 5.74) is 1.60. The molecule has 0 aromatic heterocycles. The van der Waals surface area contributed by atoms with Crippen LogP contribution >= 0.6 is 0 Å². The second-order valence-electron chi connectivity index (χ2n) is 7.18. The summed E-state index contributed by atoms with van der Waals surface area (Å²) in [6.45, 7) is 2.96. The average Bonchev–Trinajstić information content (AvgIpc) is 2.82. The van der Waals surface area contributed by atoms with Gasteiger partial charge in [-0.3, -0.25) is 0 Å². The molecule has 0 saturated heterocycles. The Morgan fingerprint density at radius 2 is 1.33 bits per heavy atom. The second kappa shape index (κ2) is 11.3. The molecule has 4 nitrogen and oxygen atoms in total. The van der Waals surface area contributed by atoms with E-state index in [0.29, 0.717) is 0 Å². The Balaban J connectivity index is 1.78. The molecule has 0 heterocycles. The summed E-state index contributed by atoms with van der Waals surface area (Å²) in [6.07, 6.45) is 4.78.